The van der Waals surface area contributed by atoms with Gasteiger partial charge in [0.2, 0.25) is 0 Å². The van der Waals surface area contributed by atoms with Gasteiger partial charge in [0.05, 0.1) is 6.61 Å². The summed E-state index contributed by atoms with van der Waals surface area (Å²) in [5, 5.41) is 3.08. The summed E-state index contributed by atoms with van der Waals surface area (Å²) in [6.07, 6.45) is 2.01. The largest absolute Gasteiger partial charge is 0.411 e. The summed E-state index contributed by atoms with van der Waals surface area (Å²) in [6, 6.07) is 0.0525. The van der Waals surface area contributed by atoms with Gasteiger partial charge in [-0.05, 0) is 50.5 Å². The minimum atomic E-state index is -4.22. The van der Waals surface area contributed by atoms with Crippen molar-refractivity contribution >= 4 is 0 Å². The molecule has 0 spiro atoms. The number of likely N-dealkylation sites (N-methyl/N-ethyl adjacent to an activating group) is 1. The number of halogens is 3. The van der Waals surface area contributed by atoms with Crippen molar-refractivity contribution in [3.8, 4) is 0 Å². The average Bonchev–Trinajstić information content (AvgIpc) is 2.87. The quantitative estimate of drug-likeness (QED) is 0.797. The molecule has 0 amide bonds. The van der Waals surface area contributed by atoms with Crippen LogP contribution >= 0.6 is 0 Å². The van der Waals surface area contributed by atoms with Crippen LogP contribution in [0, 0.1) is 17.8 Å². The zero-order valence-electron chi connectivity index (χ0n) is 10.8. The second kappa shape index (κ2) is 5.78. The molecule has 2 aliphatic carbocycles. The molecule has 0 heterocycles. The van der Waals surface area contributed by atoms with E-state index in [9.17, 15) is 13.2 Å². The van der Waals surface area contributed by atoms with Gasteiger partial charge in [0, 0.05) is 6.04 Å². The lowest BCUT2D eigenvalue weighted by molar-refractivity contribution is -0.175. The minimum Gasteiger partial charge on any atom is -0.370 e. The standard InChI is InChI=1S/C13H22F3NO/c1-17-12(7-18-8-13(14,15)16)6-11-5-9-2-3-10(11)4-9/h9-12,17H,2-8H2,1H3. The van der Waals surface area contributed by atoms with Crippen LogP contribution in [-0.2, 0) is 4.74 Å². The Morgan fingerprint density at radius 1 is 1.28 bits per heavy atom. The lowest BCUT2D eigenvalue weighted by Gasteiger charge is -2.26. The molecule has 2 aliphatic rings. The molecule has 2 fully saturated rings. The molecule has 1 N–H and O–H groups in total. The first-order valence-electron chi connectivity index (χ1n) is 6.79. The van der Waals surface area contributed by atoms with Crippen LogP contribution in [-0.4, -0.2) is 32.5 Å². The average molecular weight is 265 g/mol. The smallest absolute Gasteiger partial charge is 0.370 e. The summed E-state index contributed by atoms with van der Waals surface area (Å²) in [6.45, 7) is -0.980. The summed E-state index contributed by atoms with van der Waals surface area (Å²) in [7, 11) is 1.80. The molecule has 0 aliphatic heterocycles. The summed E-state index contributed by atoms with van der Waals surface area (Å²) >= 11 is 0. The highest BCUT2D eigenvalue weighted by Gasteiger charge is 2.40. The van der Waals surface area contributed by atoms with E-state index in [1.807, 2.05) is 0 Å². The van der Waals surface area contributed by atoms with E-state index in [1.54, 1.807) is 7.05 Å². The van der Waals surface area contributed by atoms with Crippen LogP contribution in [0.2, 0.25) is 0 Å². The third-order valence-electron chi connectivity index (χ3n) is 4.46. The third kappa shape index (κ3) is 3.85. The van der Waals surface area contributed by atoms with Gasteiger partial charge in [-0.3, -0.25) is 0 Å². The molecule has 4 unspecified atom stereocenters. The number of rotatable bonds is 6. The number of hydrogen-bond donors (Lipinski definition) is 1. The third-order valence-corrected chi connectivity index (χ3v) is 4.46. The van der Waals surface area contributed by atoms with Crippen LogP contribution in [0.25, 0.3) is 0 Å². The Balaban J connectivity index is 1.69. The zero-order chi connectivity index (χ0) is 13.2. The first kappa shape index (κ1) is 14.1. The molecular weight excluding hydrogens is 243 g/mol. The molecule has 2 rings (SSSR count). The Hall–Kier alpha value is -0.290. The van der Waals surface area contributed by atoms with Crippen LogP contribution < -0.4 is 5.32 Å². The van der Waals surface area contributed by atoms with Crippen molar-refractivity contribution in [3.63, 3.8) is 0 Å². The molecule has 5 heteroatoms. The number of alkyl halides is 3. The summed E-state index contributed by atoms with van der Waals surface area (Å²) in [5.74, 6) is 2.39. The van der Waals surface area contributed by atoms with E-state index in [1.165, 1.54) is 25.7 Å². The number of hydrogen-bond acceptors (Lipinski definition) is 2. The molecule has 18 heavy (non-hydrogen) atoms. The predicted molar refractivity (Wildman–Crippen MR) is 63.3 cm³/mol. The Labute approximate surface area is 106 Å². The minimum absolute atomic E-state index is 0.0525. The van der Waals surface area contributed by atoms with Crippen molar-refractivity contribution in [1.29, 1.82) is 0 Å². The zero-order valence-corrected chi connectivity index (χ0v) is 10.8. The highest BCUT2D eigenvalue weighted by molar-refractivity contribution is 4.91. The van der Waals surface area contributed by atoms with Gasteiger partial charge in [-0.2, -0.15) is 13.2 Å². The maximum absolute atomic E-state index is 12.0. The molecule has 2 bridgehead atoms. The molecule has 0 aromatic heterocycles. The first-order chi connectivity index (χ1) is 8.48. The van der Waals surface area contributed by atoms with Crippen molar-refractivity contribution in [2.45, 2.75) is 44.3 Å². The molecule has 2 nitrogen and oxygen atoms in total. The summed E-state index contributed by atoms with van der Waals surface area (Å²) in [5.41, 5.74) is 0. The lowest BCUT2D eigenvalue weighted by atomic mass is 9.84. The number of ether oxygens (including phenoxy) is 1. The monoisotopic (exact) mass is 265 g/mol. The van der Waals surface area contributed by atoms with Crippen LogP contribution in [0.4, 0.5) is 13.2 Å². The van der Waals surface area contributed by atoms with E-state index in [2.05, 4.69) is 5.32 Å². The van der Waals surface area contributed by atoms with E-state index in [-0.39, 0.29) is 12.6 Å². The van der Waals surface area contributed by atoms with Crippen molar-refractivity contribution in [3.05, 3.63) is 0 Å². The molecule has 0 saturated heterocycles. The van der Waals surface area contributed by atoms with Crippen LogP contribution in [0.1, 0.15) is 32.1 Å². The second-order valence-electron chi connectivity index (χ2n) is 5.79. The van der Waals surface area contributed by atoms with E-state index in [0.29, 0.717) is 5.92 Å². The first-order valence-corrected chi connectivity index (χ1v) is 6.79. The van der Waals surface area contributed by atoms with Crippen LogP contribution in [0.15, 0.2) is 0 Å². The van der Waals surface area contributed by atoms with E-state index < -0.39 is 12.8 Å². The highest BCUT2D eigenvalue weighted by atomic mass is 19.4. The second-order valence-corrected chi connectivity index (χ2v) is 5.79. The fourth-order valence-electron chi connectivity index (χ4n) is 3.62. The SMILES string of the molecule is CNC(COCC(F)(F)F)CC1CC2CCC1C2. The van der Waals surface area contributed by atoms with Crippen molar-refractivity contribution in [2.24, 2.45) is 17.8 Å². The predicted octanol–water partition coefficient (Wildman–Crippen LogP) is 2.98. The van der Waals surface area contributed by atoms with Gasteiger partial charge in [-0.25, -0.2) is 0 Å². The Kier molecular flexibility index (Phi) is 4.54. The lowest BCUT2D eigenvalue weighted by Crippen LogP contribution is -2.35. The van der Waals surface area contributed by atoms with Crippen molar-refractivity contribution in [2.75, 3.05) is 20.3 Å². The summed E-state index contributed by atoms with van der Waals surface area (Å²) < 4.78 is 40.7. The maximum Gasteiger partial charge on any atom is 0.411 e. The molecule has 106 valence electrons. The molecule has 2 saturated carbocycles. The van der Waals surface area contributed by atoms with E-state index in [4.69, 9.17) is 4.74 Å². The molecule has 4 atom stereocenters. The van der Waals surface area contributed by atoms with Crippen LogP contribution in [0.5, 0.6) is 0 Å². The van der Waals surface area contributed by atoms with Gasteiger partial charge in [0.15, 0.2) is 0 Å². The Bertz CT molecular complexity index is 269. The maximum atomic E-state index is 12.0. The van der Waals surface area contributed by atoms with Gasteiger partial charge in [0.25, 0.3) is 0 Å². The van der Waals surface area contributed by atoms with Gasteiger partial charge in [-0.1, -0.05) is 6.42 Å². The van der Waals surface area contributed by atoms with Crippen molar-refractivity contribution < 1.29 is 17.9 Å². The Morgan fingerprint density at radius 3 is 2.56 bits per heavy atom. The fourth-order valence-corrected chi connectivity index (χ4v) is 3.62. The van der Waals surface area contributed by atoms with Gasteiger partial charge >= 0.3 is 6.18 Å². The summed E-state index contributed by atoms with van der Waals surface area (Å²) in [4.78, 5) is 0. The molecular formula is C13H22F3NO. The van der Waals surface area contributed by atoms with Crippen LogP contribution in [0.3, 0.4) is 0 Å². The number of nitrogens with one attached hydrogen (secondary N) is 1. The van der Waals surface area contributed by atoms with Gasteiger partial charge in [0.1, 0.15) is 6.61 Å². The topological polar surface area (TPSA) is 21.3 Å². The Morgan fingerprint density at radius 2 is 2.06 bits per heavy atom. The molecule has 0 aromatic rings. The molecule has 0 aromatic carbocycles. The fraction of sp³-hybridized carbons (Fsp3) is 1.00. The molecule has 0 radical (unpaired) electrons. The normalized spacial score (nSPS) is 33.0. The van der Waals surface area contributed by atoms with E-state index >= 15 is 0 Å². The van der Waals surface area contributed by atoms with Gasteiger partial charge < -0.3 is 10.1 Å². The van der Waals surface area contributed by atoms with Gasteiger partial charge in [-0.15, -0.1) is 0 Å². The highest BCUT2D eigenvalue weighted by Crippen LogP contribution is 2.49. The van der Waals surface area contributed by atoms with E-state index in [0.717, 1.165) is 18.3 Å². The van der Waals surface area contributed by atoms with Crippen molar-refractivity contribution in [1.82, 2.24) is 5.32 Å². The number of fused-ring (bicyclic) bond motifs is 2.